The zero-order valence-electron chi connectivity index (χ0n) is 11.3. The van der Waals surface area contributed by atoms with E-state index >= 15 is 0 Å². The lowest BCUT2D eigenvalue weighted by Gasteiger charge is -2.18. The van der Waals surface area contributed by atoms with Crippen LogP contribution in [0.2, 0.25) is 0 Å². The molecule has 0 bridgehead atoms. The molecule has 2 aromatic heterocycles. The van der Waals surface area contributed by atoms with Gasteiger partial charge in [0.05, 0.1) is 0 Å². The number of hydrogen-bond acceptors (Lipinski definition) is 5. The van der Waals surface area contributed by atoms with Crippen LogP contribution in [-0.4, -0.2) is 27.0 Å². The molecule has 0 aliphatic carbocycles. The Labute approximate surface area is 112 Å². The lowest BCUT2D eigenvalue weighted by molar-refractivity contribution is 0.490. The van der Waals surface area contributed by atoms with E-state index in [1.54, 1.807) is 0 Å². The van der Waals surface area contributed by atoms with Gasteiger partial charge >= 0.3 is 0 Å². The summed E-state index contributed by atoms with van der Waals surface area (Å²) in [7, 11) is 0. The fourth-order valence-electron chi connectivity index (χ4n) is 1.58. The van der Waals surface area contributed by atoms with E-state index in [-0.39, 0.29) is 5.54 Å². The van der Waals surface area contributed by atoms with Crippen LogP contribution in [-0.2, 0) is 0 Å². The van der Waals surface area contributed by atoms with Crippen molar-refractivity contribution in [2.24, 2.45) is 5.73 Å². The van der Waals surface area contributed by atoms with Gasteiger partial charge in [0.25, 0.3) is 0 Å². The number of nitrogens with one attached hydrogen (secondary N) is 3. The molecule has 0 saturated heterocycles. The second-order valence-electron chi connectivity index (χ2n) is 5.16. The number of nitrogens with two attached hydrogens (primary N) is 1. The van der Waals surface area contributed by atoms with Crippen molar-refractivity contribution in [3.8, 4) is 0 Å². The van der Waals surface area contributed by atoms with Crippen molar-refractivity contribution in [2.45, 2.75) is 25.8 Å². The molecule has 0 amide bonds. The Bertz CT molecular complexity index is 500. The molecule has 6 heteroatoms. The summed E-state index contributed by atoms with van der Waals surface area (Å²) in [5.41, 5.74) is 5.76. The summed E-state index contributed by atoms with van der Waals surface area (Å²) in [5, 5.41) is 6.40. The third kappa shape index (κ3) is 4.59. The minimum Gasteiger partial charge on any atom is -0.370 e. The quantitative estimate of drug-likeness (QED) is 0.638. The summed E-state index contributed by atoms with van der Waals surface area (Å²) in [6.07, 6.45) is 4.25. The molecule has 0 aliphatic heterocycles. The summed E-state index contributed by atoms with van der Waals surface area (Å²) in [6, 6.07) is 5.72. The fraction of sp³-hybridized carbons (Fsp3) is 0.385. The van der Waals surface area contributed by atoms with Gasteiger partial charge in [0.15, 0.2) is 0 Å². The Balaban J connectivity index is 1.92. The summed E-state index contributed by atoms with van der Waals surface area (Å²) < 4.78 is 0. The molecule has 19 heavy (non-hydrogen) atoms. The van der Waals surface area contributed by atoms with Gasteiger partial charge in [0, 0.05) is 24.3 Å². The molecule has 2 heterocycles. The molecule has 0 saturated carbocycles. The van der Waals surface area contributed by atoms with Crippen LogP contribution in [0.5, 0.6) is 0 Å². The van der Waals surface area contributed by atoms with Crippen LogP contribution in [0.3, 0.4) is 0 Å². The number of rotatable bonds is 6. The smallest absolute Gasteiger partial charge is 0.136 e. The van der Waals surface area contributed by atoms with Crippen LogP contribution in [0.25, 0.3) is 0 Å². The van der Waals surface area contributed by atoms with Crippen LogP contribution in [0.1, 0.15) is 20.3 Å². The van der Waals surface area contributed by atoms with Gasteiger partial charge in [-0.15, -0.1) is 0 Å². The number of H-pyrrole nitrogens is 1. The van der Waals surface area contributed by atoms with E-state index in [1.165, 1.54) is 6.33 Å². The predicted molar refractivity (Wildman–Crippen MR) is 77.5 cm³/mol. The van der Waals surface area contributed by atoms with E-state index in [4.69, 9.17) is 5.73 Å². The Morgan fingerprint density at radius 1 is 1.32 bits per heavy atom. The van der Waals surface area contributed by atoms with Gasteiger partial charge in [-0.25, -0.2) is 9.97 Å². The van der Waals surface area contributed by atoms with Crippen LogP contribution in [0.15, 0.2) is 30.7 Å². The number of aromatic amines is 1. The van der Waals surface area contributed by atoms with Gasteiger partial charge in [-0.05, 0) is 32.4 Å². The van der Waals surface area contributed by atoms with Crippen LogP contribution >= 0.6 is 0 Å². The summed E-state index contributed by atoms with van der Waals surface area (Å²) in [6.45, 7) is 4.79. The van der Waals surface area contributed by atoms with Gasteiger partial charge in [0.2, 0.25) is 0 Å². The van der Waals surface area contributed by atoms with Crippen LogP contribution in [0.4, 0.5) is 17.5 Å². The van der Waals surface area contributed by atoms with Crippen molar-refractivity contribution in [1.29, 1.82) is 0 Å². The van der Waals surface area contributed by atoms with Crippen LogP contribution in [0, 0.1) is 0 Å². The molecule has 0 atom stereocenters. The highest BCUT2D eigenvalue weighted by atomic mass is 15.1. The Morgan fingerprint density at radius 2 is 2.11 bits per heavy atom. The molecular formula is C13H20N6. The highest BCUT2D eigenvalue weighted by Crippen LogP contribution is 2.14. The summed E-state index contributed by atoms with van der Waals surface area (Å²) in [5.74, 6) is 2.42. The Kier molecular flexibility index (Phi) is 4.01. The van der Waals surface area contributed by atoms with Crippen molar-refractivity contribution >= 4 is 17.5 Å². The first-order valence-electron chi connectivity index (χ1n) is 6.28. The summed E-state index contributed by atoms with van der Waals surface area (Å²) in [4.78, 5) is 11.4. The second kappa shape index (κ2) is 5.71. The third-order valence-electron chi connectivity index (χ3n) is 2.60. The summed E-state index contributed by atoms with van der Waals surface area (Å²) >= 11 is 0. The average molecular weight is 260 g/mol. The van der Waals surface area contributed by atoms with Crippen molar-refractivity contribution in [3.63, 3.8) is 0 Å². The normalized spacial score (nSPS) is 11.3. The first-order chi connectivity index (χ1) is 9.03. The van der Waals surface area contributed by atoms with E-state index in [9.17, 15) is 0 Å². The molecule has 0 aliphatic rings. The van der Waals surface area contributed by atoms with Gasteiger partial charge in [-0.1, -0.05) is 0 Å². The zero-order chi connectivity index (χ0) is 13.7. The SMILES string of the molecule is CC(C)(N)CCNc1cc(Nc2ccc[nH]2)ncn1. The lowest BCUT2D eigenvalue weighted by atomic mass is 10.0. The monoisotopic (exact) mass is 260 g/mol. The minimum atomic E-state index is -0.175. The number of anilines is 3. The minimum absolute atomic E-state index is 0.175. The largest absolute Gasteiger partial charge is 0.370 e. The molecule has 5 N–H and O–H groups in total. The lowest BCUT2D eigenvalue weighted by Crippen LogP contribution is -2.34. The second-order valence-corrected chi connectivity index (χ2v) is 5.16. The Hall–Kier alpha value is -2.08. The van der Waals surface area contributed by atoms with Crippen LogP contribution < -0.4 is 16.4 Å². The molecule has 6 nitrogen and oxygen atoms in total. The average Bonchev–Trinajstić information content (AvgIpc) is 2.80. The van der Waals surface area contributed by atoms with Gasteiger partial charge in [-0.2, -0.15) is 0 Å². The van der Waals surface area contributed by atoms with E-state index in [1.807, 2.05) is 38.2 Å². The van der Waals surface area contributed by atoms with E-state index in [2.05, 4.69) is 25.6 Å². The topological polar surface area (TPSA) is 91.7 Å². The number of aromatic nitrogens is 3. The van der Waals surface area contributed by atoms with E-state index < -0.39 is 0 Å². The zero-order valence-corrected chi connectivity index (χ0v) is 11.3. The maximum atomic E-state index is 5.93. The molecule has 0 radical (unpaired) electrons. The fourth-order valence-corrected chi connectivity index (χ4v) is 1.58. The molecule has 0 unspecified atom stereocenters. The third-order valence-corrected chi connectivity index (χ3v) is 2.60. The standard InChI is InChI=1S/C13H20N6/c1-13(2,14)5-7-16-11-8-12(18-9-17-11)19-10-4-3-6-15-10/h3-4,6,8-9,15H,5,7,14H2,1-2H3,(H2,16,17,18,19). The first kappa shape index (κ1) is 13.4. The van der Waals surface area contributed by atoms with Crippen molar-refractivity contribution in [1.82, 2.24) is 15.0 Å². The number of hydrogen-bond donors (Lipinski definition) is 4. The van der Waals surface area contributed by atoms with Crippen molar-refractivity contribution < 1.29 is 0 Å². The van der Waals surface area contributed by atoms with Crippen molar-refractivity contribution in [3.05, 3.63) is 30.7 Å². The van der Waals surface area contributed by atoms with Crippen molar-refractivity contribution in [2.75, 3.05) is 17.2 Å². The highest BCUT2D eigenvalue weighted by Gasteiger charge is 2.09. The molecule has 0 aromatic carbocycles. The maximum Gasteiger partial charge on any atom is 0.136 e. The van der Waals surface area contributed by atoms with Gasteiger partial charge < -0.3 is 21.4 Å². The van der Waals surface area contributed by atoms with E-state index in [0.717, 1.165) is 30.4 Å². The first-order valence-corrected chi connectivity index (χ1v) is 6.28. The molecule has 0 spiro atoms. The molecular weight excluding hydrogens is 240 g/mol. The molecule has 0 fully saturated rings. The predicted octanol–water partition coefficient (Wildman–Crippen LogP) is 2.09. The molecule has 102 valence electrons. The van der Waals surface area contributed by atoms with E-state index in [0.29, 0.717) is 0 Å². The highest BCUT2D eigenvalue weighted by molar-refractivity contribution is 5.55. The van der Waals surface area contributed by atoms with Gasteiger partial charge in [-0.3, -0.25) is 0 Å². The molecule has 2 aromatic rings. The molecule has 2 rings (SSSR count). The maximum absolute atomic E-state index is 5.93. The number of nitrogens with zero attached hydrogens (tertiary/aromatic N) is 2. The van der Waals surface area contributed by atoms with Gasteiger partial charge in [0.1, 0.15) is 23.8 Å². The Morgan fingerprint density at radius 3 is 2.79 bits per heavy atom.